The highest BCUT2D eigenvalue weighted by molar-refractivity contribution is 6.37. The minimum absolute atomic E-state index is 0.0180. The molecule has 248 valence electrons. The molecule has 0 aromatic carbocycles. The molecule has 2 aliphatic heterocycles. The summed E-state index contributed by atoms with van der Waals surface area (Å²) in [5, 5.41) is 8.39. The molecule has 0 spiro atoms. The van der Waals surface area contributed by atoms with Gasteiger partial charge in [0, 0.05) is 19.6 Å². The van der Waals surface area contributed by atoms with Gasteiger partial charge in [-0.05, 0) is 54.8 Å². The Balaban J connectivity index is 1.80. The number of hydrogen-bond donors (Lipinski definition) is 4. The number of primary amides is 1. The molecule has 3 fully saturated rings. The summed E-state index contributed by atoms with van der Waals surface area (Å²) in [4.78, 5) is 82.1. The maximum Gasteiger partial charge on any atom is 0.316 e. The largest absolute Gasteiger partial charge is 0.363 e. The van der Waals surface area contributed by atoms with Crippen molar-refractivity contribution in [1.29, 1.82) is 0 Å². The van der Waals surface area contributed by atoms with E-state index in [4.69, 9.17) is 5.73 Å². The van der Waals surface area contributed by atoms with Crippen LogP contribution in [-0.2, 0) is 24.0 Å². The maximum absolute atomic E-state index is 14.2. The summed E-state index contributed by atoms with van der Waals surface area (Å²) >= 11 is 0. The number of nitrogens with one attached hydrogen (secondary N) is 3. The van der Waals surface area contributed by atoms with Gasteiger partial charge in [-0.25, -0.2) is 4.79 Å². The Morgan fingerprint density at radius 1 is 0.864 bits per heavy atom. The normalized spacial score (nSPS) is 22.8. The van der Waals surface area contributed by atoms with E-state index in [0.717, 1.165) is 32.1 Å². The minimum atomic E-state index is -1.10. The van der Waals surface area contributed by atoms with E-state index in [2.05, 4.69) is 16.0 Å². The number of nitrogens with zero attached hydrogens (tertiary/aromatic N) is 2. The van der Waals surface area contributed by atoms with Crippen molar-refractivity contribution < 1.29 is 28.8 Å². The van der Waals surface area contributed by atoms with Crippen LogP contribution in [0.1, 0.15) is 93.4 Å². The van der Waals surface area contributed by atoms with E-state index in [1.54, 1.807) is 4.90 Å². The van der Waals surface area contributed by atoms with E-state index < -0.39 is 59.1 Å². The average Bonchev–Trinajstić information content (AvgIpc) is 3.60. The van der Waals surface area contributed by atoms with Gasteiger partial charge in [-0.15, -0.1) is 0 Å². The molecule has 0 bridgehead atoms. The quantitative estimate of drug-likeness (QED) is 0.244. The van der Waals surface area contributed by atoms with Crippen LogP contribution in [-0.4, -0.2) is 89.0 Å². The number of likely N-dealkylation sites (tertiary alicyclic amines) is 2. The number of urea groups is 1. The van der Waals surface area contributed by atoms with Crippen molar-refractivity contribution in [2.45, 2.75) is 118 Å². The first kappa shape index (κ1) is 35.3. The summed E-state index contributed by atoms with van der Waals surface area (Å²) in [6.45, 7) is 14.9. The molecule has 1 aliphatic carbocycles. The van der Waals surface area contributed by atoms with Crippen molar-refractivity contribution in [3.63, 3.8) is 0 Å². The van der Waals surface area contributed by atoms with Crippen LogP contribution in [0.5, 0.6) is 0 Å². The monoisotopic (exact) mass is 618 g/mol. The number of carbonyl (C=O) groups excluding carboxylic acids is 6. The zero-order valence-corrected chi connectivity index (χ0v) is 27.6. The molecule has 0 aromatic heterocycles. The SMILES string of the molecule is CC(C)[C@@H]1C[C@@H](C(=O)NC(CC2CCC2)C(=O)C(N)=O)N(C(=O)[C@@H](NC(=O)N[C@H](C(=O)N2CCCC2)C(C)C)C(C)(C)C)C1. The summed E-state index contributed by atoms with van der Waals surface area (Å²) in [5.41, 5.74) is 4.58. The molecule has 2 saturated heterocycles. The van der Waals surface area contributed by atoms with Crippen LogP contribution in [0.25, 0.3) is 0 Å². The summed E-state index contributed by atoms with van der Waals surface area (Å²) < 4.78 is 0. The van der Waals surface area contributed by atoms with Gasteiger partial charge in [0.1, 0.15) is 18.1 Å². The van der Waals surface area contributed by atoms with Crippen molar-refractivity contribution in [3.8, 4) is 0 Å². The van der Waals surface area contributed by atoms with Crippen molar-refractivity contribution in [1.82, 2.24) is 25.8 Å². The lowest BCUT2D eigenvalue weighted by atomic mass is 9.80. The molecular formula is C32H54N6O6. The number of amides is 6. The Bertz CT molecular complexity index is 1090. The minimum Gasteiger partial charge on any atom is -0.363 e. The summed E-state index contributed by atoms with van der Waals surface area (Å²) in [6.07, 6.45) is 5.47. The second kappa shape index (κ2) is 14.7. The lowest BCUT2D eigenvalue weighted by molar-refractivity contribution is -0.143. The number of Topliss-reactive ketones (excluding diaryl/α,β-unsaturated/α-hetero) is 1. The van der Waals surface area contributed by atoms with Crippen molar-refractivity contribution in [2.24, 2.45) is 34.8 Å². The fourth-order valence-corrected chi connectivity index (χ4v) is 6.35. The molecule has 5 atom stereocenters. The molecule has 6 amide bonds. The fraction of sp³-hybridized carbons (Fsp3) is 0.812. The molecule has 5 N–H and O–H groups in total. The molecule has 1 saturated carbocycles. The standard InChI is InChI=1S/C32H54N6O6/c1-18(2)21-16-23(28(41)34-22(25(39)27(33)40)15-20-11-10-12-20)38(17-21)30(43)26(32(5,6)7)36-31(44)35-24(19(3)4)29(42)37-13-8-9-14-37/h18-24,26H,8-17H2,1-7H3,(H2,33,40)(H,34,41)(H2,35,36,44)/t21-,22?,23+,24+,26-/m1/s1. The summed E-state index contributed by atoms with van der Waals surface area (Å²) in [6, 6.07) is -4.29. The lowest BCUT2D eigenvalue weighted by Gasteiger charge is -2.36. The molecule has 1 unspecified atom stereocenters. The van der Waals surface area contributed by atoms with Gasteiger partial charge in [-0.1, -0.05) is 67.7 Å². The van der Waals surface area contributed by atoms with E-state index >= 15 is 0 Å². The number of hydrogen-bond acceptors (Lipinski definition) is 6. The molecule has 0 aromatic rings. The van der Waals surface area contributed by atoms with Crippen molar-refractivity contribution >= 4 is 35.4 Å². The molecule has 44 heavy (non-hydrogen) atoms. The number of rotatable bonds is 12. The predicted molar refractivity (Wildman–Crippen MR) is 166 cm³/mol. The van der Waals surface area contributed by atoms with E-state index in [1.807, 2.05) is 48.5 Å². The van der Waals surface area contributed by atoms with Crippen LogP contribution in [0.3, 0.4) is 0 Å². The van der Waals surface area contributed by atoms with E-state index in [9.17, 15) is 28.8 Å². The Labute approximate surface area is 262 Å². The van der Waals surface area contributed by atoms with Crippen LogP contribution in [0.15, 0.2) is 0 Å². The Morgan fingerprint density at radius 2 is 1.48 bits per heavy atom. The first-order valence-corrected chi connectivity index (χ1v) is 16.3. The predicted octanol–water partition coefficient (Wildman–Crippen LogP) is 1.95. The topological polar surface area (TPSA) is 171 Å². The molecule has 3 rings (SSSR count). The first-order valence-electron chi connectivity index (χ1n) is 16.3. The summed E-state index contributed by atoms with van der Waals surface area (Å²) in [7, 11) is 0. The lowest BCUT2D eigenvalue weighted by Crippen LogP contribution is -2.61. The second-order valence-corrected chi connectivity index (χ2v) is 14.7. The highest BCUT2D eigenvalue weighted by Gasteiger charge is 2.46. The third-order valence-corrected chi connectivity index (χ3v) is 9.56. The smallest absolute Gasteiger partial charge is 0.316 e. The maximum atomic E-state index is 14.2. The van der Waals surface area contributed by atoms with E-state index in [0.29, 0.717) is 32.5 Å². The second-order valence-electron chi connectivity index (χ2n) is 14.7. The highest BCUT2D eigenvalue weighted by Crippen LogP contribution is 2.33. The zero-order valence-electron chi connectivity index (χ0n) is 27.6. The van der Waals surface area contributed by atoms with Gasteiger partial charge in [-0.3, -0.25) is 24.0 Å². The number of ketones is 1. The van der Waals surface area contributed by atoms with Crippen molar-refractivity contribution in [3.05, 3.63) is 0 Å². The molecule has 3 aliphatic rings. The Morgan fingerprint density at radius 3 is 1.95 bits per heavy atom. The van der Waals surface area contributed by atoms with Crippen molar-refractivity contribution in [2.75, 3.05) is 19.6 Å². The molecule has 2 heterocycles. The van der Waals surface area contributed by atoms with E-state index in [1.165, 1.54) is 4.90 Å². The molecule has 12 heteroatoms. The molecule has 0 radical (unpaired) electrons. The van der Waals surface area contributed by atoms with Crippen LogP contribution >= 0.6 is 0 Å². The summed E-state index contributed by atoms with van der Waals surface area (Å²) in [5.74, 6) is -2.73. The van der Waals surface area contributed by atoms with Crippen LogP contribution < -0.4 is 21.7 Å². The van der Waals surface area contributed by atoms with Gasteiger partial charge in [0.2, 0.25) is 23.5 Å². The third-order valence-electron chi connectivity index (χ3n) is 9.56. The Hall–Kier alpha value is -3.18. The van der Waals surface area contributed by atoms with Gasteiger partial charge < -0.3 is 31.5 Å². The van der Waals surface area contributed by atoms with Crippen LogP contribution in [0.2, 0.25) is 0 Å². The average molecular weight is 619 g/mol. The third kappa shape index (κ3) is 8.72. The highest BCUT2D eigenvalue weighted by atomic mass is 16.2. The van der Waals surface area contributed by atoms with Gasteiger partial charge in [0.25, 0.3) is 5.91 Å². The molecule has 12 nitrogen and oxygen atoms in total. The Kier molecular flexibility index (Phi) is 11.8. The van der Waals surface area contributed by atoms with Crippen LogP contribution in [0, 0.1) is 29.1 Å². The van der Waals surface area contributed by atoms with Gasteiger partial charge >= 0.3 is 6.03 Å². The number of carbonyl (C=O) groups is 6. The van der Waals surface area contributed by atoms with Gasteiger partial charge in [-0.2, -0.15) is 0 Å². The fourth-order valence-electron chi connectivity index (χ4n) is 6.35. The van der Waals surface area contributed by atoms with Crippen LogP contribution in [0.4, 0.5) is 4.79 Å². The number of nitrogens with two attached hydrogens (primary N) is 1. The van der Waals surface area contributed by atoms with E-state index in [-0.39, 0.29) is 29.6 Å². The molecular weight excluding hydrogens is 564 g/mol. The van der Waals surface area contributed by atoms with Gasteiger partial charge in [0.15, 0.2) is 0 Å². The zero-order chi connectivity index (χ0) is 32.9. The first-order chi connectivity index (χ1) is 20.5. The van der Waals surface area contributed by atoms with Gasteiger partial charge in [0.05, 0.1) is 6.04 Å².